The fourth-order valence-corrected chi connectivity index (χ4v) is 4.42. The van der Waals surface area contributed by atoms with Crippen LogP contribution in [0.2, 0.25) is 5.02 Å². The summed E-state index contributed by atoms with van der Waals surface area (Å²) in [6, 6.07) is 12.9. The van der Waals surface area contributed by atoms with Crippen LogP contribution in [0, 0.1) is 0 Å². The summed E-state index contributed by atoms with van der Waals surface area (Å²) in [5.41, 5.74) is 2.62. The first-order valence-corrected chi connectivity index (χ1v) is 11.0. The van der Waals surface area contributed by atoms with Crippen molar-refractivity contribution in [2.45, 2.75) is 37.9 Å². The van der Waals surface area contributed by atoms with Crippen LogP contribution in [0.4, 0.5) is 0 Å². The van der Waals surface area contributed by atoms with E-state index in [1.807, 2.05) is 37.3 Å². The number of sulfonamides is 1. The zero-order chi connectivity index (χ0) is 20.5. The molecule has 0 saturated heterocycles. The maximum atomic E-state index is 12.4. The Morgan fingerprint density at radius 1 is 1.21 bits per heavy atom. The largest absolute Gasteiger partial charge is 0.327 e. The van der Waals surface area contributed by atoms with Crippen LogP contribution in [0.1, 0.15) is 31.3 Å². The molecular weight excluding hydrogens is 396 g/mol. The van der Waals surface area contributed by atoms with E-state index in [1.54, 1.807) is 12.1 Å². The van der Waals surface area contributed by atoms with Crippen LogP contribution in [0.25, 0.3) is 11.0 Å². The van der Waals surface area contributed by atoms with Crippen molar-refractivity contribution in [2.24, 2.45) is 0 Å². The maximum absolute atomic E-state index is 12.4. The average Bonchev–Trinajstić information content (AvgIpc) is 3.02. The van der Waals surface area contributed by atoms with Gasteiger partial charge in [0.25, 0.3) is 0 Å². The zero-order valence-corrected chi connectivity index (χ0v) is 18.0. The third-order valence-electron chi connectivity index (χ3n) is 4.83. The molecule has 8 heteroatoms. The van der Waals surface area contributed by atoms with E-state index in [2.05, 4.69) is 21.8 Å². The van der Waals surface area contributed by atoms with Gasteiger partial charge in [-0.1, -0.05) is 29.8 Å². The third-order valence-corrected chi connectivity index (χ3v) is 6.99. The van der Waals surface area contributed by atoms with E-state index in [-0.39, 0.29) is 10.9 Å². The van der Waals surface area contributed by atoms with Gasteiger partial charge in [-0.05, 0) is 43.7 Å². The van der Waals surface area contributed by atoms with Crippen molar-refractivity contribution in [3.63, 3.8) is 0 Å². The number of aryl methyl sites for hydroxylation is 1. The van der Waals surface area contributed by atoms with Gasteiger partial charge < -0.3 is 9.88 Å². The minimum atomic E-state index is -3.49. The highest BCUT2D eigenvalue weighted by Crippen LogP contribution is 2.24. The molecule has 1 unspecified atom stereocenters. The van der Waals surface area contributed by atoms with Gasteiger partial charge in [0.15, 0.2) is 0 Å². The third kappa shape index (κ3) is 3.93. The zero-order valence-electron chi connectivity index (χ0n) is 16.5. The van der Waals surface area contributed by atoms with Crippen molar-refractivity contribution in [1.82, 2.24) is 19.2 Å². The first-order valence-electron chi connectivity index (χ1n) is 9.15. The number of halogens is 1. The van der Waals surface area contributed by atoms with Crippen LogP contribution >= 0.6 is 11.6 Å². The Kier molecular flexibility index (Phi) is 6.09. The molecule has 28 heavy (non-hydrogen) atoms. The van der Waals surface area contributed by atoms with Gasteiger partial charge >= 0.3 is 0 Å². The van der Waals surface area contributed by atoms with Crippen molar-refractivity contribution in [3.8, 4) is 0 Å². The van der Waals surface area contributed by atoms with Gasteiger partial charge in [-0.2, -0.15) is 0 Å². The van der Waals surface area contributed by atoms with E-state index in [4.69, 9.17) is 11.6 Å². The summed E-state index contributed by atoms with van der Waals surface area (Å²) in [6.07, 6.45) is 0. The smallest absolute Gasteiger partial charge is 0.242 e. The molecule has 1 aromatic heterocycles. The Bertz CT molecular complexity index is 1090. The molecule has 150 valence electrons. The highest BCUT2D eigenvalue weighted by molar-refractivity contribution is 7.89. The summed E-state index contributed by atoms with van der Waals surface area (Å²) in [5, 5.41) is 4.19. The highest BCUT2D eigenvalue weighted by atomic mass is 35.5. The second kappa shape index (κ2) is 8.21. The molecule has 3 rings (SSSR count). The van der Waals surface area contributed by atoms with Gasteiger partial charge in [-0.15, -0.1) is 0 Å². The van der Waals surface area contributed by atoms with E-state index in [0.717, 1.165) is 28.5 Å². The van der Waals surface area contributed by atoms with Crippen LogP contribution in [0.3, 0.4) is 0 Å². The second-order valence-corrected chi connectivity index (χ2v) is 9.39. The minimum absolute atomic E-state index is 0.0588. The second-order valence-electron chi connectivity index (χ2n) is 6.83. The Labute approximate surface area is 171 Å². The first-order chi connectivity index (χ1) is 13.3. The highest BCUT2D eigenvalue weighted by Gasteiger charge is 2.19. The molecule has 0 saturated carbocycles. The number of nitrogens with one attached hydrogen (secondary N) is 1. The summed E-state index contributed by atoms with van der Waals surface area (Å²) in [7, 11) is -0.445. The fraction of sp³-hybridized carbons (Fsp3) is 0.350. The number of fused-ring (bicyclic) bond motifs is 1. The summed E-state index contributed by atoms with van der Waals surface area (Å²) >= 11 is 6.29. The van der Waals surface area contributed by atoms with Gasteiger partial charge in [0.1, 0.15) is 5.82 Å². The van der Waals surface area contributed by atoms with Crippen LogP contribution in [0.5, 0.6) is 0 Å². The normalized spacial score (nSPS) is 13.4. The molecule has 0 aliphatic rings. The maximum Gasteiger partial charge on any atom is 0.242 e. The lowest BCUT2D eigenvalue weighted by Crippen LogP contribution is -2.22. The lowest BCUT2D eigenvalue weighted by Gasteiger charge is -2.16. The van der Waals surface area contributed by atoms with E-state index >= 15 is 0 Å². The Balaban J connectivity index is 1.90. The summed E-state index contributed by atoms with van der Waals surface area (Å²) in [6.45, 7) is 5.40. The van der Waals surface area contributed by atoms with E-state index in [9.17, 15) is 8.42 Å². The van der Waals surface area contributed by atoms with Gasteiger partial charge in [-0.25, -0.2) is 17.7 Å². The molecule has 0 radical (unpaired) electrons. The number of nitrogens with zero attached hydrogens (tertiary/aromatic N) is 3. The number of hydrogen-bond donors (Lipinski definition) is 1. The Hall–Kier alpha value is -1.93. The van der Waals surface area contributed by atoms with Gasteiger partial charge in [0.2, 0.25) is 10.0 Å². The van der Waals surface area contributed by atoms with E-state index < -0.39 is 10.0 Å². The molecule has 1 heterocycles. The van der Waals surface area contributed by atoms with Gasteiger partial charge in [0, 0.05) is 31.7 Å². The van der Waals surface area contributed by atoms with Crippen molar-refractivity contribution < 1.29 is 8.42 Å². The molecule has 0 aliphatic carbocycles. The topological polar surface area (TPSA) is 67.2 Å². The summed E-state index contributed by atoms with van der Waals surface area (Å²) < 4.78 is 28.1. The number of aromatic nitrogens is 2. The number of rotatable bonds is 7. The average molecular weight is 421 g/mol. The fourth-order valence-electron chi connectivity index (χ4n) is 3.20. The molecule has 6 nitrogen and oxygen atoms in total. The standard InChI is InChI=1S/C20H25ClN4O2S/c1-5-25-19-11-10-15(28(26,27)24(3)4)12-18(19)23-20(25)13-22-14(2)16-8-6-7-9-17(16)21/h6-12,14,22H,5,13H2,1-4H3. The quantitative estimate of drug-likeness (QED) is 0.631. The molecule has 0 aliphatic heterocycles. The summed E-state index contributed by atoms with van der Waals surface area (Å²) in [4.78, 5) is 4.93. The molecule has 2 aromatic carbocycles. The predicted molar refractivity (Wildman–Crippen MR) is 113 cm³/mol. The number of hydrogen-bond acceptors (Lipinski definition) is 4. The predicted octanol–water partition coefficient (Wildman–Crippen LogP) is 3.81. The molecule has 0 bridgehead atoms. The van der Waals surface area contributed by atoms with Gasteiger partial charge in [0.05, 0.1) is 22.5 Å². The lowest BCUT2D eigenvalue weighted by atomic mass is 10.1. The molecule has 1 atom stereocenters. The minimum Gasteiger partial charge on any atom is -0.327 e. The Morgan fingerprint density at radius 2 is 1.93 bits per heavy atom. The molecule has 0 spiro atoms. The van der Waals surface area contributed by atoms with Crippen LogP contribution in [-0.4, -0.2) is 36.4 Å². The van der Waals surface area contributed by atoms with Crippen LogP contribution in [-0.2, 0) is 23.1 Å². The van der Waals surface area contributed by atoms with Crippen molar-refractivity contribution in [2.75, 3.05) is 14.1 Å². The first kappa shape index (κ1) is 20.8. The van der Waals surface area contributed by atoms with Crippen LogP contribution < -0.4 is 5.32 Å². The SMILES string of the molecule is CCn1c(CNC(C)c2ccccc2Cl)nc2cc(S(=O)(=O)N(C)C)ccc21. The van der Waals surface area contributed by atoms with Crippen LogP contribution in [0.15, 0.2) is 47.4 Å². The van der Waals surface area contributed by atoms with Crippen molar-refractivity contribution in [1.29, 1.82) is 0 Å². The number of benzene rings is 2. The molecular formula is C20H25ClN4O2S. The molecule has 1 N–H and O–H groups in total. The molecule has 0 fully saturated rings. The number of imidazole rings is 1. The van der Waals surface area contributed by atoms with Crippen molar-refractivity contribution >= 4 is 32.7 Å². The molecule has 0 amide bonds. The van der Waals surface area contributed by atoms with Crippen molar-refractivity contribution in [3.05, 3.63) is 58.9 Å². The lowest BCUT2D eigenvalue weighted by molar-refractivity contribution is 0.521. The Morgan fingerprint density at radius 3 is 2.57 bits per heavy atom. The van der Waals surface area contributed by atoms with E-state index in [0.29, 0.717) is 12.1 Å². The monoisotopic (exact) mass is 420 g/mol. The van der Waals surface area contributed by atoms with E-state index in [1.165, 1.54) is 18.4 Å². The summed E-state index contributed by atoms with van der Waals surface area (Å²) in [5.74, 6) is 0.857. The van der Waals surface area contributed by atoms with Gasteiger partial charge in [-0.3, -0.25) is 0 Å². The molecule has 3 aromatic rings.